The van der Waals surface area contributed by atoms with Crippen molar-refractivity contribution in [3.63, 3.8) is 0 Å². The molecule has 0 radical (unpaired) electrons. The molecule has 3 nitrogen and oxygen atoms in total. The van der Waals surface area contributed by atoms with Crippen molar-refractivity contribution in [3.8, 4) is 0 Å². The van der Waals surface area contributed by atoms with E-state index < -0.39 is 10.0 Å². The van der Waals surface area contributed by atoms with E-state index in [-0.39, 0.29) is 18.9 Å². The highest BCUT2D eigenvalue weighted by atomic mass is 32.2. The van der Waals surface area contributed by atoms with Gasteiger partial charge >= 0.3 is 0 Å². The molecule has 0 N–H and O–H groups in total. The molecule has 0 aliphatic carbocycles. The Hall–Kier alpha value is -2.50. The summed E-state index contributed by atoms with van der Waals surface area (Å²) in [5.74, 6) is -0.340. The molecule has 3 aromatic rings. The van der Waals surface area contributed by atoms with Crippen molar-refractivity contribution in [3.05, 3.63) is 101 Å². The van der Waals surface area contributed by atoms with Crippen LogP contribution in [0.25, 0.3) is 0 Å². The van der Waals surface area contributed by atoms with Crippen LogP contribution in [0.3, 0.4) is 0 Å². The lowest BCUT2D eigenvalue weighted by atomic mass is 10.1. The van der Waals surface area contributed by atoms with Crippen LogP contribution in [-0.2, 0) is 29.5 Å². The van der Waals surface area contributed by atoms with E-state index in [1.807, 2.05) is 50.2 Å². The highest BCUT2D eigenvalue weighted by Crippen LogP contribution is 2.24. The van der Waals surface area contributed by atoms with E-state index in [9.17, 15) is 12.8 Å². The molecule has 0 fully saturated rings. The van der Waals surface area contributed by atoms with Crippen molar-refractivity contribution in [1.82, 2.24) is 4.31 Å². The largest absolute Gasteiger partial charge is 0.243 e. The number of hydrogen-bond acceptors (Lipinski definition) is 2. The number of rotatable bonds is 7. The molecule has 0 amide bonds. The SMILES string of the molecule is CCc1cc(C)cc(S(=O)(=O)N(Cc2ccccc2)Cc2ccc(F)cc2)c1. The van der Waals surface area contributed by atoms with Crippen LogP contribution in [0, 0.1) is 12.7 Å². The number of hydrogen-bond donors (Lipinski definition) is 0. The average Bonchev–Trinajstić information content (AvgIpc) is 2.69. The number of benzene rings is 3. The molecule has 0 bridgehead atoms. The first-order chi connectivity index (χ1) is 13.4. The minimum atomic E-state index is -3.72. The lowest BCUT2D eigenvalue weighted by molar-refractivity contribution is 0.401. The minimum absolute atomic E-state index is 0.174. The second-order valence-corrected chi connectivity index (χ2v) is 8.83. The smallest absolute Gasteiger partial charge is 0.207 e. The summed E-state index contributed by atoms with van der Waals surface area (Å²) in [4.78, 5) is 0.294. The van der Waals surface area contributed by atoms with Crippen LogP contribution in [0.2, 0.25) is 0 Å². The van der Waals surface area contributed by atoms with E-state index in [0.29, 0.717) is 4.90 Å². The van der Waals surface area contributed by atoms with Crippen LogP contribution in [0.15, 0.2) is 77.7 Å². The molecule has 0 saturated heterocycles. The quantitative estimate of drug-likeness (QED) is 0.557. The summed E-state index contributed by atoms with van der Waals surface area (Å²) in [5, 5.41) is 0. The van der Waals surface area contributed by atoms with Gasteiger partial charge in [-0.2, -0.15) is 4.31 Å². The molecule has 0 spiro atoms. The summed E-state index contributed by atoms with van der Waals surface area (Å²) < 4.78 is 41.7. The fraction of sp³-hybridized carbons (Fsp3) is 0.217. The van der Waals surface area contributed by atoms with Crippen molar-refractivity contribution in [2.24, 2.45) is 0 Å². The minimum Gasteiger partial charge on any atom is -0.207 e. The zero-order valence-electron chi connectivity index (χ0n) is 16.1. The van der Waals surface area contributed by atoms with E-state index in [4.69, 9.17) is 0 Å². The van der Waals surface area contributed by atoms with Gasteiger partial charge in [-0.15, -0.1) is 0 Å². The molecule has 0 aromatic heterocycles. The maximum absolute atomic E-state index is 13.5. The average molecular weight is 398 g/mol. The van der Waals surface area contributed by atoms with Gasteiger partial charge in [-0.1, -0.05) is 55.5 Å². The summed E-state index contributed by atoms with van der Waals surface area (Å²) in [6, 6.07) is 20.9. The van der Waals surface area contributed by atoms with Gasteiger partial charge in [0.1, 0.15) is 5.82 Å². The Morgan fingerprint density at radius 2 is 1.43 bits per heavy atom. The zero-order chi connectivity index (χ0) is 20.1. The third-order valence-corrected chi connectivity index (χ3v) is 6.40. The van der Waals surface area contributed by atoms with Crippen LogP contribution in [0.4, 0.5) is 4.39 Å². The monoisotopic (exact) mass is 397 g/mol. The van der Waals surface area contributed by atoms with E-state index in [1.54, 1.807) is 24.3 Å². The molecule has 0 saturated carbocycles. The van der Waals surface area contributed by atoms with Gasteiger partial charge in [0, 0.05) is 13.1 Å². The summed E-state index contributed by atoms with van der Waals surface area (Å²) >= 11 is 0. The highest BCUT2D eigenvalue weighted by Gasteiger charge is 2.25. The molecule has 3 aromatic carbocycles. The first-order valence-corrected chi connectivity index (χ1v) is 10.7. The number of halogens is 1. The molecule has 0 atom stereocenters. The Morgan fingerprint density at radius 3 is 2.04 bits per heavy atom. The van der Waals surface area contributed by atoms with Crippen LogP contribution in [0.5, 0.6) is 0 Å². The predicted molar refractivity (Wildman–Crippen MR) is 110 cm³/mol. The first kappa shape index (κ1) is 20.2. The summed E-state index contributed by atoms with van der Waals surface area (Å²) in [7, 11) is -3.72. The van der Waals surface area contributed by atoms with Gasteiger partial charge in [-0.3, -0.25) is 0 Å². The molecular weight excluding hydrogens is 373 g/mol. The predicted octanol–water partition coefficient (Wildman–Crippen LogP) is 5.09. The topological polar surface area (TPSA) is 37.4 Å². The molecule has 0 heterocycles. The van der Waals surface area contributed by atoms with E-state index in [0.717, 1.165) is 28.7 Å². The summed E-state index contributed by atoms with van der Waals surface area (Å²) in [6.07, 6.45) is 0.765. The molecule has 0 aliphatic rings. The first-order valence-electron chi connectivity index (χ1n) is 9.27. The standard InChI is InChI=1S/C23H24FNO2S/c1-3-19-13-18(2)14-23(15-19)28(26,27)25(16-20-7-5-4-6-8-20)17-21-9-11-22(24)12-10-21/h4-15H,3,16-17H2,1-2H3. The normalized spacial score (nSPS) is 11.7. The number of nitrogens with zero attached hydrogens (tertiary/aromatic N) is 1. The van der Waals surface area contributed by atoms with Crippen molar-refractivity contribution < 1.29 is 12.8 Å². The number of aryl methyl sites for hydroxylation is 2. The lowest BCUT2D eigenvalue weighted by Crippen LogP contribution is -2.30. The molecule has 28 heavy (non-hydrogen) atoms. The molecule has 0 aliphatic heterocycles. The Balaban J connectivity index is 2.01. The summed E-state index contributed by atoms with van der Waals surface area (Å²) in [6.45, 7) is 4.33. The Kier molecular flexibility index (Phi) is 6.27. The number of sulfonamides is 1. The maximum atomic E-state index is 13.5. The fourth-order valence-electron chi connectivity index (χ4n) is 3.13. The Labute approximate surface area is 166 Å². The van der Waals surface area contributed by atoms with Crippen LogP contribution >= 0.6 is 0 Å². The zero-order valence-corrected chi connectivity index (χ0v) is 16.9. The van der Waals surface area contributed by atoms with E-state index in [1.165, 1.54) is 16.4 Å². The van der Waals surface area contributed by atoms with Crippen molar-refractivity contribution >= 4 is 10.0 Å². The van der Waals surface area contributed by atoms with Gasteiger partial charge in [0.25, 0.3) is 0 Å². The van der Waals surface area contributed by atoms with E-state index >= 15 is 0 Å². The highest BCUT2D eigenvalue weighted by molar-refractivity contribution is 7.89. The van der Waals surface area contributed by atoms with Crippen molar-refractivity contribution in [2.75, 3.05) is 0 Å². The van der Waals surface area contributed by atoms with Gasteiger partial charge in [-0.05, 0) is 59.9 Å². The summed E-state index contributed by atoms with van der Waals surface area (Å²) in [5.41, 5.74) is 3.54. The van der Waals surface area contributed by atoms with Gasteiger partial charge < -0.3 is 0 Å². The van der Waals surface area contributed by atoms with Crippen LogP contribution in [0.1, 0.15) is 29.2 Å². The van der Waals surface area contributed by atoms with Gasteiger partial charge in [0.15, 0.2) is 0 Å². The third kappa shape index (κ3) is 4.86. The van der Waals surface area contributed by atoms with Crippen LogP contribution in [-0.4, -0.2) is 12.7 Å². The third-order valence-electron chi connectivity index (χ3n) is 4.63. The Morgan fingerprint density at radius 1 is 0.821 bits per heavy atom. The lowest BCUT2D eigenvalue weighted by Gasteiger charge is -2.23. The maximum Gasteiger partial charge on any atom is 0.243 e. The fourth-order valence-corrected chi connectivity index (χ4v) is 4.70. The second-order valence-electron chi connectivity index (χ2n) is 6.89. The van der Waals surface area contributed by atoms with E-state index in [2.05, 4.69) is 0 Å². The molecule has 3 rings (SSSR count). The van der Waals surface area contributed by atoms with Crippen molar-refractivity contribution in [2.45, 2.75) is 38.3 Å². The van der Waals surface area contributed by atoms with Crippen LogP contribution < -0.4 is 0 Å². The molecular formula is C23H24FNO2S. The second kappa shape index (κ2) is 8.67. The van der Waals surface area contributed by atoms with Crippen molar-refractivity contribution in [1.29, 1.82) is 0 Å². The molecule has 5 heteroatoms. The van der Waals surface area contributed by atoms with Gasteiger partial charge in [-0.25, -0.2) is 12.8 Å². The molecule has 146 valence electrons. The van der Waals surface area contributed by atoms with Gasteiger partial charge in [0.2, 0.25) is 10.0 Å². The van der Waals surface area contributed by atoms with Gasteiger partial charge in [0.05, 0.1) is 4.90 Å². The molecule has 0 unspecified atom stereocenters. The Bertz CT molecular complexity index is 1030.